The van der Waals surface area contributed by atoms with Crippen LogP contribution in [0.2, 0.25) is 0 Å². The fourth-order valence-electron chi connectivity index (χ4n) is 2.51. The molecule has 0 saturated heterocycles. The highest BCUT2D eigenvalue weighted by atomic mass is 19.4. The molecule has 118 valence electrons. The lowest BCUT2D eigenvalue weighted by molar-refractivity contribution is -0.143. The maximum absolute atomic E-state index is 12.7. The van der Waals surface area contributed by atoms with Crippen molar-refractivity contribution in [3.63, 3.8) is 0 Å². The van der Waals surface area contributed by atoms with E-state index in [0.29, 0.717) is 0 Å². The van der Waals surface area contributed by atoms with Gasteiger partial charge < -0.3 is 5.32 Å². The van der Waals surface area contributed by atoms with Gasteiger partial charge in [0.2, 0.25) is 0 Å². The summed E-state index contributed by atoms with van der Waals surface area (Å²) in [4.78, 5) is 0. The third kappa shape index (κ3) is 4.36. The summed E-state index contributed by atoms with van der Waals surface area (Å²) in [7, 11) is 0. The lowest BCUT2D eigenvalue weighted by Gasteiger charge is -2.16. The Labute approximate surface area is 118 Å². The Balaban J connectivity index is 2.22. The minimum atomic E-state index is -4.79. The van der Waals surface area contributed by atoms with Crippen LogP contribution < -0.4 is 5.32 Å². The minimum Gasteiger partial charge on any atom is -0.310 e. The Kier molecular flexibility index (Phi) is 4.51. The molecule has 1 aromatic carbocycles. The van der Waals surface area contributed by atoms with E-state index >= 15 is 0 Å². The highest BCUT2D eigenvalue weighted by Gasteiger charge is 2.36. The van der Waals surface area contributed by atoms with E-state index in [1.165, 1.54) is 0 Å². The van der Waals surface area contributed by atoms with Gasteiger partial charge in [-0.3, -0.25) is 0 Å². The van der Waals surface area contributed by atoms with Gasteiger partial charge in [-0.2, -0.15) is 26.3 Å². The van der Waals surface area contributed by atoms with Crippen molar-refractivity contribution >= 4 is 0 Å². The van der Waals surface area contributed by atoms with Crippen LogP contribution in [0.15, 0.2) is 18.2 Å². The molecular weight excluding hydrogens is 296 g/mol. The van der Waals surface area contributed by atoms with E-state index < -0.39 is 23.5 Å². The molecule has 1 saturated carbocycles. The van der Waals surface area contributed by atoms with Crippen LogP contribution >= 0.6 is 0 Å². The van der Waals surface area contributed by atoms with Crippen LogP contribution in [-0.4, -0.2) is 6.04 Å². The first kappa shape index (κ1) is 16.1. The third-order valence-electron chi connectivity index (χ3n) is 3.60. The van der Waals surface area contributed by atoms with Gasteiger partial charge in [0.05, 0.1) is 11.1 Å². The van der Waals surface area contributed by atoms with Gasteiger partial charge in [0.25, 0.3) is 0 Å². The van der Waals surface area contributed by atoms with E-state index in [1.54, 1.807) is 0 Å². The van der Waals surface area contributed by atoms with Gasteiger partial charge >= 0.3 is 12.4 Å². The molecule has 1 N–H and O–H groups in total. The first-order valence-corrected chi connectivity index (χ1v) is 6.68. The van der Waals surface area contributed by atoms with Crippen LogP contribution in [0.25, 0.3) is 0 Å². The standard InChI is InChI=1S/C14H15F6N/c15-13(16,17)10-5-9(6-11(7-10)14(18,19)20)8-21-12-3-1-2-4-12/h5-7,12,21H,1-4,8H2. The predicted octanol–water partition coefficient (Wildman–Crippen LogP) is 4.76. The zero-order chi connectivity index (χ0) is 15.7. The van der Waals surface area contributed by atoms with Gasteiger partial charge in [-0.1, -0.05) is 12.8 Å². The number of hydrogen-bond acceptors (Lipinski definition) is 1. The summed E-state index contributed by atoms with van der Waals surface area (Å²) < 4.78 is 76.1. The van der Waals surface area contributed by atoms with Crippen LogP contribution in [0.5, 0.6) is 0 Å². The smallest absolute Gasteiger partial charge is 0.310 e. The van der Waals surface area contributed by atoms with Crippen molar-refractivity contribution < 1.29 is 26.3 Å². The van der Waals surface area contributed by atoms with Crippen LogP contribution in [0.3, 0.4) is 0 Å². The lowest BCUT2D eigenvalue weighted by Crippen LogP contribution is -2.25. The molecule has 1 aliphatic rings. The van der Waals surface area contributed by atoms with Crippen molar-refractivity contribution in [1.29, 1.82) is 0 Å². The average Bonchev–Trinajstić information content (AvgIpc) is 2.87. The Morgan fingerprint density at radius 1 is 0.857 bits per heavy atom. The molecule has 1 aromatic rings. The topological polar surface area (TPSA) is 12.0 Å². The molecule has 21 heavy (non-hydrogen) atoms. The number of benzene rings is 1. The van der Waals surface area contributed by atoms with Gasteiger partial charge in [0.15, 0.2) is 0 Å². The molecule has 0 heterocycles. The van der Waals surface area contributed by atoms with Crippen LogP contribution in [0.1, 0.15) is 42.4 Å². The molecule has 0 aliphatic heterocycles. The summed E-state index contributed by atoms with van der Waals surface area (Å²) in [5.74, 6) is 0. The number of hydrogen-bond donors (Lipinski definition) is 1. The normalized spacial score (nSPS) is 17.4. The molecule has 0 amide bonds. The Hall–Kier alpha value is -1.24. The molecule has 0 atom stereocenters. The SMILES string of the molecule is FC(F)(F)c1cc(CNC2CCCC2)cc(C(F)(F)F)c1. The van der Waals surface area contributed by atoms with E-state index in [4.69, 9.17) is 0 Å². The average molecular weight is 311 g/mol. The van der Waals surface area contributed by atoms with Crippen LogP contribution in [0, 0.1) is 0 Å². The highest BCUT2D eigenvalue weighted by Crippen LogP contribution is 2.36. The van der Waals surface area contributed by atoms with Gasteiger partial charge in [-0.25, -0.2) is 0 Å². The first-order chi connectivity index (χ1) is 9.66. The molecule has 1 fully saturated rings. The van der Waals surface area contributed by atoms with Crippen molar-refractivity contribution in [2.75, 3.05) is 0 Å². The molecule has 0 bridgehead atoms. The number of rotatable bonds is 3. The van der Waals surface area contributed by atoms with Crippen molar-refractivity contribution in [1.82, 2.24) is 5.32 Å². The molecule has 7 heteroatoms. The van der Waals surface area contributed by atoms with Gasteiger partial charge in [0.1, 0.15) is 0 Å². The zero-order valence-electron chi connectivity index (χ0n) is 11.1. The molecule has 0 radical (unpaired) electrons. The monoisotopic (exact) mass is 311 g/mol. The summed E-state index contributed by atoms with van der Waals surface area (Å²) in [6.45, 7) is 0.0116. The molecule has 1 nitrogen and oxygen atoms in total. The summed E-state index contributed by atoms with van der Waals surface area (Å²) in [5.41, 5.74) is -2.52. The fourth-order valence-corrected chi connectivity index (χ4v) is 2.51. The summed E-state index contributed by atoms with van der Waals surface area (Å²) in [6.07, 6.45) is -5.69. The van der Waals surface area contributed by atoms with E-state index in [-0.39, 0.29) is 24.2 Å². The Bertz CT molecular complexity index is 453. The van der Waals surface area contributed by atoms with Gasteiger partial charge in [-0.15, -0.1) is 0 Å². The van der Waals surface area contributed by atoms with Crippen molar-refractivity contribution in [2.24, 2.45) is 0 Å². The van der Waals surface area contributed by atoms with Crippen molar-refractivity contribution in [3.05, 3.63) is 34.9 Å². The second-order valence-corrected chi connectivity index (χ2v) is 5.28. The van der Waals surface area contributed by atoms with E-state index in [2.05, 4.69) is 5.32 Å². The first-order valence-electron chi connectivity index (χ1n) is 6.68. The minimum absolute atomic E-state index is 0.00375. The molecule has 0 spiro atoms. The van der Waals surface area contributed by atoms with Crippen LogP contribution in [0.4, 0.5) is 26.3 Å². The Morgan fingerprint density at radius 2 is 1.33 bits per heavy atom. The van der Waals surface area contributed by atoms with Gasteiger partial charge in [0, 0.05) is 12.6 Å². The molecule has 1 aliphatic carbocycles. The van der Waals surface area contributed by atoms with E-state index in [9.17, 15) is 26.3 Å². The maximum Gasteiger partial charge on any atom is 0.416 e. The summed E-state index contributed by atoms with van der Waals surface area (Å²) in [5, 5.41) is 3.02. The molecule has 0 aromatic heterocycles. The fraction of sp³-hybridized carbons (Fsp3) is 0.571. The number of halogens is 6. The van der Waals surface area contributed by atoms with E-state index in [0.717, 1.165) is 37.8 Å². The second kappa shape index (κ2) is 5.87. The van der Waals surface area contributed by atoms with Crippen molar-refractivity contribution in [2.45, 2.75) is 50.6 Å². The third-order valence-corrected chi connectivity index (χ3v) is 3.60. The number of nitrogens with one attached hydrogen (secondary N) is 1. The molecular formula is C14H15F6N. The van der Waals surface area contributed by atoms with Gasteiger partial charge in [-0.05, 0) is 36.6 Å². The summed E-state index contributed by atoms with van der Waals surface area (Å²) in [6, 6.07) is 1.88. The predicted molar refractivity (Wildman–Crippen MR) is 65.5 cm³/mol. The number of alkyl halides is 6. The zero-order valence-corrected chi connectivity index (χ0v) is 11.1. The lowest BCUT2D eigenvalue weighted by atomic mass is 10.0. The van der Waals surface area contributed by atoms with Crippen LogP contribution in [-0.2, 0) is 18.9 Å². The van der Waals surface area contributed by atoms with E-state index in [1.807, 2.05) is 0 Å². The molecule has 2 rings (SSSR count). The largest absolute Gasteiger partial charge is 0.416 e. The maximum atomic E-state index is 12.7. The molecule has 0 unspecified atom stereocenters. The summed E-state index contributed by atoms with van der Waals surface area (Å²) >= 11 is 0. The quantitative estimate of drug-likeness (QED) is 0.794. The second-order valence-electron chi connectivity index (χ2n) is 5.28. The highest BCUT2D eigenvalue weighted by molar-refractivity contribution is 5.33. The Morgan fingerprint density at radius 3 is 1.76 bits per heavy atom. The van der Waals surface area contributed by atoms with Crippen molar-refractivity contribution in [3.8, 4) is 0 Å².